The minimum atomic E-state index is -0.289. The second-order valence-electron chi connectivity index (χ2n) is 6.43. The van der Waals surface area contributed by atoms with Crippen molar-refractivity contribution < 1.29 is 4.79 Å². The second-order valence-corrected chi connectivity index (χ2v) is 6.43. The van der Waals surface area contributed by atoms with E-state index in [1.165, 1.54) is 11.8 Å². The van der Waals surface area contributed by atoms with Crippen molar-refractivity contribution in [2.24, 2.45) is 7.05 Å². The number of anilines is 4. The van der Waals surface area contributed by atoms with Crippen LogP contribution in [0.15, 0.2) is 30.6 Å². The maximum atomic E-state index is 12.2. The summed E-state index contributed by atoms with van der Waals surface area (Å²) in [6, 6.07) is 5.92. The molecule has 0 radical (unpaired) electrons. The first-order valence-corrected chi connectivity index (χ1v) is 8.46. The average Bonchev–Trinajstić information content (AvgIpc) is 3.01. The van der Waals surface area contributed by atoms with Crippen molar-refractivity contribution >= 4 is 29.0 Å². The number of benzene rings is 1. The number of carbonyl (C=O) groups excluding carboxylic acids is 1. The normalized spacial score (nSPS) is 12.3. The molecule has 0 spiro atoms. The molecule has 3 heterocycles. The molecule has 2 aromatic heterocycles. The number of nitrogens with zero attached hydrogens (tertiary/aromatic N) is 5. The molecule has 1 aromatic carbocycles. The van der Waals surface area contributed by atoms with Crippen LogP contribution in [-0.4, -0.2) is 39.8 Å². The lowest BCUT2D eigenvalue weighted by molar-refractivity contribution is 0.0963. The number of nitrogens with two attached hydrogens (primary N) is 1. The van der Waals surface area contributed by atoms with Gasteiger partial charge in [0.15, 0.2) is 0 Å². The summed E-state index contributed by atoms with van der Waals surface area (Å²) in [7, 11) is 5.50. The van der Waals surface area contributed by atoms with Gasteiger partial charge in [-0.15, -0.1) is 0 Å². The summed E-state index contributed by atoms with van der Waals surface area (Å²) in [5.74, 6) is 0.161. The molecular weight excluding hydrogens is 344 g/mol. The van der Waals surface area contributed by atoms with Gasteiger partial charge < -0.3 is 21.3 Å². The summed E-state index contributed by atoms with van der Waals surface area (Å²) in [6.45, 7) is 0.739. The van der Waals surface area contributed by atoms with E-state index in [4.69, 9.17) is 5.73 Å². The van der Waals surface area contributed by atoms with Gasteiger partial charge >= 0.3 is 0 Å². The Hall–Kier alpha value is -3.62. The first-order valence-electron chi connectivity index (χ1n) is 8.46. The van der Waals surface area contributed by atoms with E-state index in [9.17, 15) is 4.79 Å². The van der Waals surface area contributed by atoms with Crippen LogP contribution in [0.3, 0.4) is 0 Å². The first-order chi connectivity index (χ1) is 13.0. The van der Waals surface area contributed by atoms with Gasteiger partial charge in [0.25, 0.3) is 5.91 Å². The molecule has 9 nitrogen and oxygen atoms in total. The topological polar surface area (TPSA) is 114 Å². The van der Waals surface area contributed by atoms with Gasteiger partial charge in [0.2, 0.25) is 5.95 Å². The van der Waals surface area contributed by atoms with Gasteiger partial charge in [-0.05, 0) is 6.07 Å². The lowest BCUT2D eigenvalue weighted by Gasteiger charge is -2.29. The third kappa shape index (κ3) is 2.82. The van der Waals surface area contributed by atoms with Crippen molar-refractivity contribution in [2.45, 2.75) is 6.54 Å². The number of aryl methyl sites for hydroxylation is 1. The van der Waals surface area contributed by atoms with Crippen molar-refractivity contribution in [3.8, 4) is 11.3 Å². The van der Waals surface area contributed by atoms with E-state index in [1.54, 1.807) is 7.05 Å². The lowest BCUT2D eigenvalue weighted by atomic mass is 9.99. The highest BCUT2D eigenvalue weighted by molar-refractivity contribution is 6.00. The zero-order chi connectivity index (χ0) is 19.1. The number of nitrogen functional groups attached to an aromatic ring is 1. The molecule has 1 aliphatic heterocycles. The molecule has 0 atom stereocenters. The highest BCUT2D eigenvalue weighted by Gasteiger charge is 2.26. The first kappa shape index (κ1) is 16.8. The Morgan fingerprint density at radius 3 is 2.89 bits per heavy atom. The standard InChI is InChI=1S/C18H20N8O/c1-20-17(27)12-7-21-18(19)23-16(12)22-13-6-4-5-11-14-10(9-26(3)24-14)8-25(2)15(11)13/h4-7,9H,8H2,1-3H3,(H,20,27)(H3,19,21,22,23). The average molecular weight is 364 g/mol. The van der Waals surface area contributed by atoms with E-state index in [-0.39, 0.29) is 11.9 Å². The summed E-state index contributed by atoms with van der Waals surface area (Å²) in [6.07, 6.45) is 3.45. The minimum absolute atomic E-state index is 0.0929. The third-order valence-corrected chi connectivity index (χ3v) is 4.52. The van der Waals surface area contributed by atoms with Gasteiger partial charge in [-0.1, -0.05) is 12.1 Å². The molecule has 4 N–H and O–H groups in total. The van der Waals surface area contributed by atoms with Crippen molar-refractivity contribution in [3.05, 3.63) is 41.7 Å². The fourth-order valence-electron chi connectivity index (χ4n) is 3.38. The van der Waals surface area contributed by atoms with E-state index < -0.39 is 0 Å². The van der Waals surface area contributed by atoms with Crippen LogP contribution in [-0.2, 0) is 13.6 Å². The molecular formula is C18H20N8O. The van der Waals surface area contributed by atoms with Crippen LogP contribution in [0, 0.1) is 0 Å². The highest BCUT2D eigenvalue weighted by Crippen LogP contribution is 2.43. The zero-order valence-corrected chi connectivity index (χ0v) is 15.3. The molecule has 9 heteroatoms. The molecule has 138 valence electrons. The monoisotopic (exact) mass is 364 g/mol. The van der Waals surface area contributed by atoms with Gasteiger partial charge in [0.05, 0.1) is 17.1 Å². The Bertz CT molecular complexity index is 1040. The van der Waals surface area contributed by atoms with Crippen LogP contribution in [0.1, 0.15) is 15.9 Å². The number of aromatic nitrogens is 4. The fraction of sp³-hybridized carbons (Fsp3) is 0.222. The maximum absolute atomic E-state index is 12.2. The second kappa shape index (κ2) is 6.27. The number of hydrogen-bond donors (Lipinski definition) is 3. The van der Waals surface area contributed by atoms with Gasteiger partial charge in [-0.2, -0.15) is 10.1 Å². The molecule has 0 aliphatic carbocycles. The Kier molecular flexibility index (Phi) is 3.91. The number of carbonyl (C=O) groups is 1. The molecule has 1 aliphatic rings. The van der Waals surface area contributed by atoms with Crippen LogP contribution in [0.4, 0.5) is 23.1 Å². The van der Waals surface area contributed by atoms with Crippen LogP contribution >= 0.6 is 0 Å². The number of nitrogens with one attached hydrogen (secondary N) is 2. The van der Waals surface area contributed by atoms with Crippen LogP contribution < -0.4 is 21.3 Å². The fourth-order valence-corrected chi connectivity index (χ4v) is 3.38. The molecule has 0 saturated carbocycles. The van der Waals surface area contributed by atoms with Crippen molar-refractivity contribution in [1.29, 1.82) is 0 Å². The maximum Gasteiger partial charge on any atom is 0.256 e. The van der Waals surface area contributed by atoms with Crippen molar-refractivity contribution in [3.63, 3.8) is 0 Å². The zero-order valence-electron chi connectivity index (χ0n) is 15.3. The summed E-state index contributed by atoms with van der Waals surface area (Å²) in [5.41, 5.74) is 11.0. The van der Waals surface area contributed by atoms with E-state index >= 15 is 0 Å². The summed E-state index contributed by atoms with van der Waals surface area (Å²) in [5, 5.41) is 10.4. The van der Waals surface area contributed by atoms with Crippen molar-refractivity contribution in [1.82, 2.24) is 25.1 Å². The molecule has 3 aromatic rings. The van der Waals surface area contributed by atoms with Gasteiger partial charge in [0.1, 0.15) is 11.4 Å². The predicted molar refractivity (Wildman–Crippen MR) is 104 cm³/mol. The predicted octanol–water partition coefficient (Wildman–Crippen LogP) is 1.51. The molecule has 1 amide bonds. The molecule has 27 heavy (non-hydrogen) atoms. The number of amides is 1. The van der Waals surface area contributed by atoms with E-state index in [0.29, 0.717) is 11.4 Å². The Balaban J connectivity index is 1.82. The molecule has 0 bridgehead atoms. The van der Waals surface area contributed by atoms with Gasteiger partial charge in [0, 0.05) is 51.2 Å². The summed E-state index contributed by atoms with van der Waals surface area (Å²) < 4.78 is 1.82. The Morgan fingerprint density at radius 1 is 1.30 bits per heavy atom. The van der Waals surface area contributed by atoms with Crippen LogP contribution in [0.2, 0.25) is 0 Å². The van der Waals surface area contributed by atoms with Crippen LogP contribution in [0.5, 0.6) is 0 Å². The Labute approximate surface area is 156 Å². The highest BCUT2D eigenvalue weighted by atomic mass is 16.1. The minimum Gasteiger partial charge on any atom is -0.368 e. The van der Waals surface area contributed by atoms with Crippen molar-refractivity contribution in [2.75, 3.05) is 30.0 Å². The molecule has 0 unspecified atom stereocenters. The van der Waals surface area contributed by atoms with Gasteiger partial charge in [-0.3, -0.25) is 9.48 Å². The lowest BCUT2D eigenvalue weighted by Crippen LogP contribution is -2.23. The smallest absolute Gasteiger partial charge is 0.256 e. The number of hydrogen-bond acceptors (Lipinski definition) is 7. The Morgan fingerprint density at radius 2 is 2.11 bits per heavy atom. The van der Waals surface area contributed by atoms with E-state index in [1.807, 2.05) is 43.2 Å². The van der Waals surface area contributed by atoms with Crippen LogP contribution in [0.25, 0.3) is 11.3 Å². The summed E-state index contributed by atoms with van der Waals surface area (Å²) in [4.78, 5) is 22.4. The number of rotatable bonds is 3. The summed E-state index contributed by atoms with van der Waals surface area (Å²) >= 11 is 0. The third-order valence-electron chi connectivity index (χ3n) is 4.52. The largest absolute Gasteiger partial charge is 0.368 e. The molecule has 0 saturated heterocycles. The molecule has 0 fully saturated rings. The number of para-hydroxylation sites is 1. The van der Waals surface area contributed by atoms with E-state index in [0.717, 1.165) is 29.2 Å². The number of fused-ring (bicyclic) bond motifs is 3. The molecule has 4 rings (SSSR count). The SMILES string of the molecule is CNC(=O)c1cnc(N)nc1Nc1cccc2c1N(C)Cc1cn(C)nc1-2. The quantitative estimate of drug-likeness (QED) is 0.645. The van der Waals surface area contributed by atoms with E-state index in [2.05, 4.69) is 30.6 Å². The van der Waals surface area contributed by atoms with Gasteiger partial charge in [-0.25, -0.2) is 4.98 Å².